The fourth-order valence-electron chi connectivity index (χ4n) is 3.66. The van der Waals surface area contributed by atoms with Gasteiger partial charge in [-0.05, 0) is 24.6 Å². The van der Waals surface area contributed by atoms with Gasteiger partial charge in [0.1, 0.15) is 11.2 Å². The van der Waals surface area contributed by atoms with E-state index in [2.05, 4.69) is 10.1 Å². The summed E-state index contributed by atoms with van der Waals surface area (Å²) in [6.45, 7) is 1.18. The predicted molar refractivity (Wildman–Crippen MR) is 111 cm³/mol. The van der Waals surface area contributed by atoms with Crippen LogP contribution in [0.5, 0.6) is 0 Å². The number of hydrogen-bond donors (Lipinski definition) is 0. The summed E-state index contributed by atoms with van der Waals surface area (Å²) >= 11 is 6.04. The van der Waals surface area contributed by atoms with Gasteiger partial charge in [-0.1, -0.05) is 23.7 Å². The first-order valence-corrected chi connectivity index (χ1v) is 9.72. The van der Waals surface area contributed by atoms with Crippen molar-refractivity contribution in [3.05, 3.63) is 64.4 Å². The zero-order valence-corrected chi connectivity index (χ0v) is 16.5. The van der Waals surface area contributed by atoms with Gasteiger partial charge in [0.15, 0.2) is 0 Å². The lowest BCUT2D eigenvalue weighted by Gasteiger charge is -2.14. The van der Waals surface area contributed by atoms with Gasteiger partial charge in [0.05, 0.1) is 36.3 Å². The zero-order chi connectivity index (χ0) is 20.0. The molecule has 1 fully saturated rings. The van der Waals surface area contributed by atoms with Crippen LogP contribution >= 0.6 is 11.6 Å². The van der Waals surface area contributed by atoms with Crippen molar-refractivity contribution in [2.24, 2.45) is 7.05 Å². The van der Waals surface area contributed by atoms with E-state index < -0.39 is 0 Å². The number of halogens is 1. The number of benzene rings is 1. The molecule has 0 radical (unpaired) electrons. The molecular formula is C21H18ClN5O2. The summed E-state index contributed by atoms with van der Waals surface area (Å²) in [5.41, 5.74) is 3.48. The first kappa shape index (κ1) is 18.0. The van der Waals surface area contributed by atoms with Gasteiger partial charge in [-0.3, -0.25) is 14.0 Å². The minimum atomic E-state index is -0.0896. The number of hydrogen-bond acceptors (Lipinski definition) is 5. The summed E-state index contributed by atoms with van der Waals surface area (Å²) in [7, 11) is 1.84. The maximum atomic E-state index is 13.3. The van der Waals surface area contributed by atoms with Crippen molar-refractivity contribution in [1.29, 1.82) is 0 Å². The fourth-order valence-corrected chi connectivity index (χ4v) is 3.78. The molecule has 0 N–H and O–H groups in total. The smallest absolute Gasteiger partial charge is 0.261 e. The van der Waals surface area contributed by atoms with E-state index in [0.29, 0.717) is 40.5 Å². The Morgan fingerprint density at radius 3 is 2.72 bits per heavy atom. The lowest BCUT2D eigenvalue weighted by Crippen LogP contribution is -2.25. The van der Waals surface area contributed by atoms with Crippen molar-refractivity contribution < 1.29 is 4.74 Å². The fraction of sp³-hybridized carbons (Fsp3) is 0.238. The van der Waals surface area contributed by atoms with Crippen LogP contribution in [-0.4, -0.2) is 37.5 Å². The normalized spacial score (nSPS) is 16.6. The van der Waals surface area contributed by atoms with E-state index in [-0.39, 0.29) is 11.6 Å². The summed E-state index contributed by atoms with van der Waals surface area (Å²) < 4.78 is 8.83. The topological polar surface area (TPSA) is 74.8 Å². The van der Waals surface area contributed by atoms with E-state index in [4.69, 9.17) is 21.3 Å². The Hall–Kier alpha value is -3.03. The number of ether oxygens (including phenoxy) is 1. The molecule has 8 heteroatoms. The van der Waals surface area contributed by atoms with Gasteiger partial charge in [-0.25, -0.2) is 9.97 Å². The predicted octanol–water partition coefficient (Wildman–Crippen LogP) is 3.47. The van der Waals surface area contributed by atoms with E-state index in [9.17, 15) is 4.79 Å². The highest BCUT2D eigenvalue weighted by Crippen LogP contribution is 2.29. The van der Waals surface area contributed by atoms with Crippen molar-refractivity contribution in [2.75, 3.05) is 13.2 Å². The number of rotatable bonds is 3. The second kappa shape index (κ2) is 7.09. The van der Waals surface area contributed by atoms with Crippen molar-refractivity contribution >= 4 is 22.5 Å². The highest BCUT2D eigenvalue weighted by molar-refractivity contribution is 6.30. The molecule has 29 heavy (non-hydrogen) atoms. The van der Waals surface area contributed by atoms with Gasteiger partial charge in [0.2, 0.25) is 0 Å². The van der Waals surface area contributed by atoms with Gasteiger partial charge in [0, 0.05) is 36.0 Å². The lowest BCUT2D eigenvalue weighted by molar-refractivity contribution is 0.186. The molecule has 4 aromatic rings. The molecule has 1 saturated heterocycles. The Morgan fingerprint density at radius 1 is 1.21 bits per heavy atom. The Bertz CT molecular complexity index is 1260. The molecule has 0 saturated carbocycles. The van der Waals surface area contributed by atoms with Crippen LogP contribution in [-0.2, 0) is 11.8 Å². The highest BCUT2D eigenvalue weighted by Gasteiger charge is 2.22. The van der Waals surface area contributed by atoms with Crippen LogP contribution in [0.3, 0.4) is 0 Å². The van der Waals surface area contributed by atoms with E-state index in [1.54, 1.807) is 27.8 Å². The summed E-state index contributed by atoms with van der Waals surface area (Å²) in [6.07, 6.45) is 6.00. The Balaban J connectivity index is 1.78. The number of nitrogens with zero attached hydrogens (tertiary/aromatic N) is 5. The first-order valence-electron chi connectivity index (χ1n) is 9.35. The third kappa shape index (κ3) is 3.22. The van der Waals surface area contributed by atoms with E-state index >= 15 is 0 Å². The highest BCUT2D eigenvalue weighted by atomic mass is 35.5. The van der Waals surface area contributed by atoms with Gasteiger partial charge in [-0.15, -0.1) is 0 Å². The van der Waals surface area contributed by atoms with Gasteiger partial charge in [0.25, 0.3) is 5.56 Å². The van der Waals surface area contributed by atoms with Crippen LogP contribution < -0.4 is 5.56 Å². The van der Waals surface area contributed by atoms with Gasteiger partial charge >= 0.3 is 0 Å². The molecule has 1 atom stereocenters. The van der Waals surface area contributed by atoms with Crippen molar-refractivity contribution in [1.82, 2.24) is 24.3 Å². The molecule has 1 aliphatic heterocycles. The lowest BCUT2D eigenvalue weighted by atomic mass is 10.1. The second-order valence-electron chi connectivity index (χ2n) is 7.14. The molecule has 5 rings (SSSR count). The molecule has 7 nitrogen and oxygen atoms in total. The Morgan fingerprint density at radius 2 is 2.03 bits per heavy atom. The quantitative estimate of drug-likeness (QED) is 0.519. The molecule has 1 aromatic carbocycles. The van der Waals surface area contributed by atoms with Crippen LogP contribution in [0.25, 0.3) is 33.4 Å². The average molecular weight is 408 g/mol. The van der Waals surface area contributed by atoms with Crippen molar-refractivity contribution in [2.45, 2.75) is 12.5 Å². The summed E-state index contributed by atoms with van der Waals surface area (Å²) in [4.78, 5) is 22.8. The molecule has 4 heterocycles. The van der Waals surface area contributed by atoms with Crippen molar-refractivity contribution in [3.63, 3.8) is 0 Å². The van der Waals surface area contributed by atoms with Gasteiger partial charge in [-0.2, -0.15) is 5.10 Å². The summed E-state index contributed by atoms with van der Waals surface area (Å²) in [5.74, 6) is 0. The van der Waals surface area contributed by atoms with Crippen molar-refractivity contribution in [3.8, 4) is 22.5 Å². The SMILES string of the molecule is Cn1cc(-c2nc(-c3ccc(Cl)cc3)cc3c(=O)n([C@@H]4CCOC4)cnc23)cn1. The zero-order valence-electron chi connectivity index (χ0n) is 15.7. The minimum absolute atomic E-state index is 0.00777. The van der Waals surface area contributed by atoms with Crippen LogP contribution in [0.1, 0.15) is 12.5 Å². The summed E-state index contributed by atoms with van der Waals surface area (Å²) in [6, 6.07) is 9.22. The molecule has 0 amide bonds. The molecule has 0 spiro atoms. The molecule has 146 valence electrons. The monoisotopic (exact) mass is 407 g/mol. The van der Waals surface area contributed by atoms with Crippen LogP contribution in [0.4, 0.5) is 0 Å². The number of aryl methyl sites for hydroxylation is 1. The van der Waals surface area contributed by atoms with E-state index in [1.165, 1.54) is 0 Å². The Labute approximate surface area is 171 Å². The maximum absolute atomic E-state index is 13.3. The van der Waals surface area contributed by atoms with Gasteiger partial charge < -0.3 is 4.74 Å². The second-order valence-corrected chi connectivity index (χ2v) is 7.57. The molecule has 3 aromatic heterocycles. The number of fused-ring (bicyclic) bond motifs is 1. The van der Waals surface area contributed by atoms with Crippen LogP contribution in [0.2, 0.25) is 5.02 Å². The largest absolute Gasteiger partial charge is 0.379 e. The minimum Gasteiger partial charge on any atom is -0.379 e. The Kier molecular flexibility index (Phi) is 4.41. The van der Waals surface area contributed by atoms with E-state index in [1.807, 2.05) is 37.5 Å². The standard InChI is InChI=1S/C21H18ClN5O2/c1-26-10-14(9-24-26)19-20-17(8-18(25-19)13-2-4-15(22)5-3-13)21(28)27(12-23-20)16-6-7-29-11-16/h2-5,8-10,12,16H,6-7,11H2,1H3/t16-/m1/s1. The average Bonchev–Trinajstić information content (AvgIpc) is 3.40. The first-order chi connectivity index (χ1) is 14.1. The van der Waals surface area contributed by atoms with E-state index in [0.717, 1.165) is 17.5 Å². The maximum Gasteiger partial charge on any atom is 0.261 e. The van der Waals surface area contributed by atoms with Crippen LogP contribution in [0.15, 0.2) is 53.8 Å². The molecular weight excluding hydrogens is 390 g/mol. The molecule has 1 aliphatic rings. The summed E-state index contributed by atoms with van der Waals surface area (Å²) in [5, 5.41) is 5.42. The number of pyridine rings is 1. The number of aromatic nitrogens is 5. The molecule has 0 bridgehead atoms. The third-order valence-electron chi connectivity index (χ3n) is 5.19. The van der Waals surface area contributed by atoms with Crippen LogP contribution in [0, 0.1) is 0 Å². The third-order valence-corrected chi connectivity index (χ3v) is 5.44. The molecule has 0 unspecified atom stereocenters. The molecule has 0 aliphatic carbocycles.